The Kier molecular flexibility index (Phi) is 8.38. The molecule has 1 aliphatic heterocycles. The largest absolute Gasteiger partial charge is 0.301 e. The van der Waals surface area contributed by atoms with E-state index in [0.717, 1.165) is 48.3 Å². The van der Waals surface area contributed by atoms with Gasteiger partial charge in [0, 0.05) is 4.90 Å². The molecular formula is C26H34N2O3S. The molecule has 3 rings (SSSR count). The average molecular weight is 455 g/mol. The van der Waals surface area contributed by atoms with Crippen LogP contribution in [0.15, 0.2) is 35.2 Å². The van der Waals surface area contributed by atoms with E-state index in [1.807, 2.05) is 6.92 Å². The molecule has 0 spiro atoms. The van der Waals surface area contributed by atoms with Crippen molar-refractivity contribution in [1.29, 1.82) is 0 Å². The van der Waals surface area contributed by atoms with Crippen molar-refractivity contribution in [3.8, 4) is 0 Å². The van der Waals surface area contributed by atoms with Crippen molar-refractivity contribution in [2.24, 2.45) is 0 Å². The maximum absolute atomic E-state index is 13.5. The number of nitrogens with zero attached hydrogens (tertiary/aromatic N) is 1. The predicted octanol–water partition coefficient (Wildman–Crippen LogP) is 5.15. The van der Waals surface area contributed by atoms with Gasteiger partial charge in [0.25, 0.3) is 5.91 Å². The molecule has 0 radical (unpaired) electrons. The SMILES string of the molecule is CCCCc1c(CCC)cc2c(c1C)SC(Cc1ccc(C)cc1)C(=O)N2CC(=O)NO. The van der Waals surface area contributed by atoms with Crippen LogP contribution in [-0.4, -0.2) is 28.8 Å². The highest BCUT2D eigenvalue weighted by Gasteiger charge is 2.36. The Hall–Kier alpha value is -2.31. The van der Waals surface area contributed by atoms with Gasteiger partial charge in [-0.25, -0.2) is 5.48 Å². The molecular weight excluding hydrogens is 420 g/mol. The van der Waals surface area contributed by atoms with Crippen molar-refractivity contribution in [3.05, 3.63) is 58.1 Å². The molecule has 0 saturated heterocycles. The Bertz CT molecular complexity index is 972. The molecule has 172 valence electrons. The Labute approximate surface area is 195 Å². The minimum absolute atomic E-state index is 0.0881. The summed E-state index contributed by atoms with van der Waals surface area (Å²) in [4.78, 5) is 28.2. The van der Waals surface area contributed by atoms with E-state index in [0.29, 0.717) is 6.42 Å². The van der Waals surface area contributed by atoms with E-state index < -0.39 is 5.91 Å². The Morgan fingerprint density at radius 1 is 1.12 bits per heavy atom. The maximum Gasteiger partial charge on any atom is 0.263 e. The van der Waals surface area contributed by atoms with Crippen LogP contribution in [0.5, 0.6) is 0 Å². The van der Waals surface area contributed by atoms with E-state index in [1.54, 1.807) is 22.1 Å². The third-order valence-corrected chi connectivity index (χ3v) is 7.49. The third kappa shape index (κ3) is 5.36. The number of fused-ring (bicyclic) bond motifs is 1. The monoisotopic (exact) mass is 454 g/mol. The van der Waals surface area contributed by atoms with Crippen LogP contribution in [0.4, 0.5) is 5.69 Å². The molecule has 2 amide bonds. The van der Waals surface area contributed by atoms with Crippen molar-refractivity contribution in [2.45, 2.75) is 76.4 Å². The lowest BCUT2D eigenvalue weighted by Gasteiger charge is -2.35. The number of aryl methyl sites for hydroxylation is 2. The van der Waals surface area contributed by atoms with E-state index in [1.165, 1.54) is 22.3 Å². The zero-order chi connectivity index (χ0) is 23.3. The number of unbranched alkanes of at least 4 members (excludes halogenated alkanes) is 1. The smallest absolute Gasteiger partial charge is 0.263 e. The van der Waals surface area contributed by atoms with Crippen LogP contribution < -0.4 is 10.4 Å². The molecule has 1 unspecified atom stereocenters. The van der Waals surface area contributed by atoms with Gasteiger partial charge in [0.2, 0.25) is 5.91 Å². The number of thioether (sulfide) groups is 1. The molecule has 0 fully saturated rings. The number of amides is 2. The fourth-order valence-electron chi connectivity index (χ4n) is 4.33. The van der Waals surface area contributed by atoms with Crippen LogP contribution in [0.25, 0.3) is 0 Å². The Balaban J connectivity index is 2.06. The summed E-state index contributed by atoms with van der Waals surface area (Å²) in [5, 5.41) is 8.81. The predicted molar refractivity (Wildman–Crippen MR) is 131 cm³/mol. The second-order valence-corrected chi connectivity index (χ2v) is 9.81. The van der Waals surface area contributed by atoms with Gasteiger partial charge in [-0.05, 0) is 67.9 Å². The van der Waals surface area contributed by atoms with Crippen LogP contribution in [0, 0.1) is 13.8 Å². The standard InChI is InChI=1S/C26H34N2O3S/c1-5-7-9-21-18(4)25-22(15-20(21)8-6-2)28(16-24(29)27-31)26(30)23(32-25)14-19-12-10-17(3)11-13-19/h10-13,15,23,31H,5-9,14,16H2,1-4H3,(H,27,29). The Morgan fingerprint density at radius 2 is 1.84 bits per heavy atom. The molecule has 2 aromatic rings. The normalized spacial score (nSPS) is 15.6. The van der Waals surface area contributed by atoms with Crippen LogP contribution in [0.1, 0.15) is 60.9 Å². The molecule has 0 aromatic heterocycles. The van der Waals surface area contributed by atoms with Gasteiger partial charge in [-0.15, -0.1) is 11.8 Å². The number of hydrogen-bond donors (Lipinski definition) is 2. The lowest BCUT2D eigenvalue weighted by molar-refractivity contribution is -0.129. The molecule has 1 aliphatic rings. The fraction of sp³-hybridized carbons (Fsp3) is 0.462. The first-order valence-electron chi connectivity index (χ1n) is 11.5. The minimum atomic E-state index is -0.588. The van der Waals surface area contributed by atoms with Crippen LogP contribution in [-0.2, 0) is 28.9 Å². The van der Waals surface area contributed by atoms with Gasteiger partial charge in [-0.1, -0.05) is 56.5 Å². The first-order chi connectivity index (χ1) is 15.4. The van der Waals surface area contributed by atoms with Gasteiger partial charge >= 0.3 is 0 Å². The van der Waals surface area contributed by atoms with Crippen molar-refractivity contribution in [3.63, 3.8) is 0 Å². The number of carbonyl (C=O) groups is 2. The van der Waals surface area contributed by atoms with E-state index in [4.69, 9.17) is 5.21 Å². The summed E-state index contributed by atoms with van der Waals surface area (Å²) in [5.74, 6) is -0.676. The zero-order valence-electron chi connectivity index (χ0n) is 19.5. The fourth-order valence-corrected chi connectivity index (χ4v) is 5.70. The molecule has 5 nitrogen and oxygen atoms in total. The second-order valence-electron chi connectivity index (χ2n) is 8.60. The lowest BCUT2D eigenvalue weighted by Crippen LogP contribution is -2.47. The second kappa shape index (κ2) is 11.0. The maximum atomic E-state index is 13.5. The third-order valence-electron chi connectivity index (χ3n) is 6.08. The molecule has 1 atom stereocenters. The molecule has 6 heteroatoms. The molecule has 2 aromatic carbocycles. The summed E-state index contributed by atoms with van der Waals surface area (Å²) < 4.78 is 0. The quantitative estimate of drug-likeness (QED) is 0.406. The van der Waals surface area contributed by atoms with Gasteiger partial charge in [0.15, 0.2) is 0 Å². The molecule has 0 aliphatic carbocycles. The Morgan fingerprint density at radius 3 is 2.47 bits per heavy atom. The number of carbonyl (C=O) groups excluding carboxylic acids is 2. The molecule has 0 bridgehead atoms. The molecule has 1 heterocycles. The van der Waals surface area contributed by atoms with Gasteiger partial charge < -0.3 is 4.90 Å². The number of hydrogen-bond acceptors (Lipinski definition) is 4. The van der Waals surface area contributed by atoms with Crippen LogP contribution in [0.3, 0.4) is 0 Å². The number of nitrogens with one attached hydrogen (secondary N) is 1. The zero-order valence-corrected chi connectivity index (χ0v) is 20.3. The lowest BCUT2D eigenvalue weighted by atomic mass is 9.93. The summed E-state index contributed by atoms with van der Waals surface area (Å²) >= 11 is 1.62. The molecule has 32 heavy (non-hydrogen) atoms. The van der Waals surface area contributed by atoms with E-state index >= 15 is 0 Å². The van der Waals surface area contributed by atoms with Crippen molar-refractivity contribution < 1.29 is 14.8 Å². The van der Waals surface area contributed by atoms with Gasteiger partial charge in [0.05, 0.1) is 10.9 Å². The van der Waals surface area contributed by atoms with E-state index in [2.05, 4.69) is 51.1 Å². The summed E-state index contributed by atoms with van der Waals surface area (Å²) in [7, 11) is 0. The number of anilines is 1. The number of benzene rings is 2. The topological polar surface area (TPSA) is 69.6 Å². The highest BCUT2D eigenvalue weighted by Crippen LogP contribution is 2.45. The van der Waals surface area contributed by atoms with E-state index in [-0.39, 0.29) is 17.7 Å². The van der Waals surface area contributed by atoms with Crippen LogP contribution >= 0.6 is 11.8 Å². The van der Waals surface area contributed by atoms with Gasteiger partial charge in [-0.2, -0.15) is 0 Å². The number of hydroxylamine groups is 1. The summed E-state index contributed by atoms with van der Waals surface area (Å²) in [6.07, 6.45) is 5.85. The minimum Gasteiger partial charge on any atom is -0.301 e. The summed E-state index contributed by atoms with van der Waals surface area (Å²) in [6, 6.07) is 10.3. The van der Waals surface area contributed by atoms with Crippen LogP contribution in [0.2, 0.25) is 0 Å². The first kappa shape index (κ1) is 24.3. The summed E-state index contributed by atoms with van der Waals surface area (Å²) in [6.45, 7) is 8.37. The van der Waals surface area contributed by atoms with Crippen molar-refractivity contribution in [2.75, 3.05) is 11.4 Å². The van der Waals surface area contributed by atoms with Gasteiger partial charge in [0.1, 0.15) is 6.54 Å². The van der Waals surface area contributed by atoms with E-state index in [9.17, 15) is 9.59 Å². The average Bonchev–Trinajstić information content (AvgIpc) is 2.78. The highest BCUT2D eigenvalue weighted by molar-refractivity contribution is 8.01. The van der Waals surface area contributed by atoms with Crippen molar-refractivity contribution in [1.82, 2.24) is 5.48 Å². The number of rotatable bonds is 9. The molecule has 2 N–H and O–H groups in total. The highest BCUT2D eigenvalue weighted by atomic mass is 32.2. The van der Waals surface area contributed by atoms with Gasteiger partial charge in [-0.3, -0.25) is 14.8 Å². The first-order valence-corrected chi connectivity index (χ1v) is 12.4. The van der Waals surface area contributed by atoms with Crippen molar-refractivity contribution >= 4 is 29.3 Å². The summed E-state index contributed by atoms with van der Waals surface area (Å²) in [5.41, 5.74) is 8.64. The molecule has 0 saturated carbocycles.